The van der Waals surface area contributed by atoms with Gasteiger partial charge in [0.15, 0.2) is 25.0 Å². The molecule has 4 unspecified atom stereocenters. The quantitative estimate of drug-likeness (QED) is 0.0439. The van der Waals surface area contributed by atoms with Crippen LogP contribution in [0.3, 0.4) is 0 Å². The number of methoxy groups -OCH3 is 4. The summed E-state index contributed by atoms with van der Waals surface area (Å²) in [6, 6.07) is 8.82. The second-order valence-corrected chi connectivity index (χ2v) is 22.0. The van der Waals surface area contributed by atoms with Crippen molar-refractivity contribution in [3.05, 3.63) is 96.7 Å². The number of hydrogen-bond acceptors (Lipinski definition) is 20. The molecule has 22 nitrogen and oxygen atoms in total. The van der Waals surface area contributed by atoms with E-state index in [4.69, 9.17) is 66.7 Å². The van der Waals surface area contributed by atoms with Crippen molar-refractivity contribution in [3.8, 4) is 0 Å². The number of carboxylic acids is 1. The van der Waals surface area contributed by atoms with Gasteiger partial charge in [-0.1, -0.05) is 106 Å². The number of allylic oxidation sites excluding steroid dienone is 6. The van der Waals surface area contributed by atoms with E-state index >= 15 is 0 Å². The molecule has 21 atom stereocenters. The zero-order chi connectivity index (χ0) is 59.0. The largest absolute Gasteiger partial charge is 0.478 e. The maximum absolute atomic E-state index is 14.5. The highest BCUT2D eigenvalue weighted by Crippen LogP contribution is 2.42. The number of carbonyl (C=O) groups is 3. The molecular formula is C59H87NO21. The number of benzene rings is 1. The van der Waals surface area contributed by atoms with Crippen molar-refractivity contribution < 1.29 is 101 Å². The van der Waals surface area contributed by atoms with E-state index in [1.165, 1.54) is 20.3 Å². The first-order valence-corrected chi connectivity index (χ1v) is 27.8. The molecular weight excluding hydrogens is 1060 g/mol. The lowest BCUT2D eigenvalue weighted by atomic mass is 9.75. The Labute approximate surface area is 475 Å². The highest BCUT2D eigenvalue weighted by molar-refractivity contribution is 5.80. The SMILES string of the molecule is COC(/C=C/C=C/CNC(=O)C(CO[C@@H]1C[C@@H](OC)C(O[C@H]2C[C@H](OC)[C@H](O[C@@H]3C[C@@H](OC)[C@@H](O)[C@@H](C)O3)[C@@H](C)O2)[C@@H](C)O1)[C@@]1(O)OCC(C)(C)[C@@H](O)[C@H]1OC(=O)Cc1ccccc1)[C@@H](C)C1C[C@@H](O)[C@@H](/C=C/C=C/C=C/C(=O)O)O1. The number of esters is 1. The maximum Gasteiger partial charge on any atom is 0.328 e. The van der Waals surface area contributed by atoms with Gasteiger partial charge in [-0.05, 0) is 26.3 Å². The van der Waals surface area contributed by atoms with Crippen LogP contribution >= 0.6 is 0 Å². The van der Waals surface area contributed by atoms with Gasteiger partial charge in [0.05, 0.1) is 74.6 Å². The summed E-state index contributed by atoms with van der Waals surface area (Å²) in [5.74, 6) is -6.95. The van der Waals surface area contributed by atoms with Crippen LogP contribution in [0.15, 0.2) is 91.1 Å². The molecule has 5 aliphatic rings. The molecule has 454 valence electrons. The Morgan fingerprint density at radius 3 is 2.00 bits per heavy atom. The monoisotopic (exact) mass is 1150 g/mol. The first-order chi connectivity index (χ1) is 38.6. The Kier molecular flexibility index (Phi) is 25.2. The van der Waals surface area contributed by atoms with Crippen molar-refractivity contribution in [3.63, 3.8) is 0 Å². The van der Waals surface area contributed by atoms with Gasteiger partial charge in [-0.15, -0.1) is 0 Å². The van der Waals surface area contributed by atoms with Gasteiger partial charge in [0.1, 0.15) is 36.4 Å². The standard InChI is InChI=1S/C59H87NO21/c1-34(43-28-40(61)42(78-43)24-17-11-12-19-25-47(62)63)41(69-7)23-18-14-20-26-60-57(67)39(59(68)56(55(66)58(5,6)33-74-59)79-48(64)27-38-21-15-13-16-22-38)32-73-49-30-45(71-9)53(36(3)76-49)81-51-31-46(72-10)54(37(4)77-51)80-50-29-44(70-8)52(65)35(2)75-50/h11-25,34-37,39-46,49-56,61,65-66,68H,26-33H2,1-10H3,(H,60,67)(H,62,63)/b12-11+,20-14+,23-18+,24-17+,25-19+/t34-,35-,36-,37-,39?,40-,41?,42-,43?,44-,45-,46+,49+,50-,51+,52+,53?,54-,55+,56-,59-/m1/s1. The summed E-state index contributed by atoms with van der Waals surface area (Å²) in [6.45, 7) is 9.95. The lowest BCUT2D eigenvalue weighted by Crippen LogP contribution is -2.68. The maximum atomic E-state index is 14.5. The fourth-order valence-corrected chi connectivity index (χ4v) is 10.8. The first kappa shape index (κ1) is 65.8. The van der Waals surface area contributed by atoms with Crippen LogP contribution in [0.4, 0.5) is 0 Å². The van der Waals surface area contributed by atoms with Crippen molar-refractivity contribution in [2.24, 2.45) is 17.3 Å². The molecule has 5 heterocycles. The topological polar surface area (TPSA) is 284 Å². The van der Waals surface area contributed by atoms with Crippen molar-refractivity contribution in [1.82, 2.24) is 5.32 Å². The molecule has 5 saturated heterocycles. The zero-order valence-corrected chi connectivity index (χ0v) is 48.1. The molecule has 22 heteroatoms. The van der Waals surface area contributed by atoms with Crippen LogP contribution in [0.1, 0.15) is 72.8 Å². The van der Waals surface area contributed by atoms with E-state index in [1.807, 2.05) is 19.9 Å². The van der Waals surface area contributed by atoms with Crippen LogP contribution < -0.4 is 5.32 Å². The molecule has 1 aromatic carbocycles. The van der Waals surface area contributed by atoms with E-state index in [2.05, 4.69) is 5.32 Å². The van der Waals surface area contributed by atoms with E-state index in [0.717, 1.165) is 6.08 Å². The fourth-order valence-electron chi connectivity index (χ4n) is 10.8. The average molecular weight is 1150 g/mol. The summed E-state index contributed by atoms with van der Waals surface area (Å²) in [5.41, 5.74) is -0.395. The van der Waals surface area contributed by atoms with Gasteiger partial charge in [-0.2, -0.15) is 0 Å². The van der Waals surface area contributed by atoms with Crippen LogP contribution in [0, 0.1) is 17.3 Å². The van der Waals surface area contributed by atoms with E-state index in [1.54, 1.807) is 115 Å². The number of hydrogen-bond donors (Lipinski definition) is 6. The van der Waals surface area contributed by atoms with E-state index in [-0.39, 0.29) is 44.4 Å². The Morgan fingerprint density at radius 1 is 0.765 bits per heavy atom. The summed E-state index contributed by atoms with van der Waals surface area (Å²) in [5, 5.41) is 57.2. The fraction of sp³-hybridized carbons (Fsp3) is 0.678. The Morgan fingerprint density at radius 2 is 1.37 bits per heavy atom. The van der Waals surface area contributed by atoms with Crippen molar-refractivity contribution >= 4 is 17.8 Å². The number of carboxylic acid groups (broad SMARTS) is 1. The van der Waals surface area contributed by atoms with Gasteiger partial charge in [-0.3, -0.25) is 9.59 Å². The highest BCUT2D eigenvalue weighted by Gasteiger charge is 2.61. The highest BCUT2D eigenvalue weighted by atomic mass is 16.7. The third-order valence-electron chi connectivity index (χ3n) is 15.7. The van der Waals surface area contributed by atoms with Gasteiger partial charge >= 0.3 is 11.9 Å². The van der Waals surface area contributed by atoms with Gasteiger partial charge in [0.25, 0.3) is 0 Å². The lowest BCUT2D eigenvalue weighted by molar-refractivity contribution is -0.355. The number of aliphatic hydroxyl groups excluding tert-OH is 3. The molecule has 0 aliphatic carbocycles. The van der Waals surface area contributed by atoms with Gasteiger partial charge in [-0.25, -0.2) is 4.79 Å². The van der Waals surface area contributed by atoms with Crippen molar-refractivity contribution in [1.29, 1.82) is 0 Å². The molecule has 6 N–H and O–H groups in total. The summed E-state index contributed by atoms with van der Waals surface area (Å²) < 4.78 is 79.3. The number of amides is 1. The van der Waals surface area contributed by atoms with Crippen LogP contribution in [0.2, 0.25) is 0 Å². The molecule has 1 aromatic rings. The molecule has 1 amide bonds. The van der Waals surface area contributed by atoms with Crippen LogP contribution in [-0.2, 0) is 82.4 Å². The number of nitrogens with one attached hydrogen (secondary N) is 1. The average Bonchev–Trinajstić information content (AvgIpc) is 3.42. The number of aliphatic hydroxyl groups is 4. The second kappa shape index (κ2) is 31.0. The van der Waals surface area contributed by atoms with Gasteiger partial charge in [0, 0.05) is 78.1 Å². The minimum atomic E-state index is -2.60. The van der Waals surface area contributed by atoms with Crippen molar-refractivity contribution in [2.45, 2.75) is 190 Å². The smallest absolute Gasteiger partial charge is 0.328 e. The molecule has 5 aliphatic heterocycles. The van der Waals surface area contributed by atoms with Crippen LogP contribution in [0.5, 0.6) is 0 Å². The van der Waals surface area contributed by atoms with Gasteiger partial charge < -0.3 is 92.4 Å². The third-order valence-corrected chi connectivity index (χ3v) is 15.7. The molecule has 0 bridgehead atoms. The second-order valence-electron chi connectivity index (χ2n) is 22.0. The lowest BCUT2D eigenvalue weighted by Gasteiger charge is -2.51. The van der Waals surface area contributed by atoms with Crippen LogP contribution in [0.25, 0.3) is 0 Å². The van der Waals surface area contributed by atoms with Gasteiger partial charge in [0.2, 0.25) is 11.7 Å². The van der Waals surface area contributed by atoms with Crippen molar-refractivity contribution in [2.75, 3.05) is 48.2 Å². The Balaban J connectivity index is 1.11. The summed E-state index contributed by atoms with van der Waals surface area (Å²) in [6.07, 6.45) is 3.89. The van der Waals surface area contributed by atoms with E-state index in [0.29, 0.717) is 18.4 Å². The molecule has 5 fully saturated rings. The van der Waals surface area contributed by atoms with E-state index in [9.17, 15) is 34.8 Å². The molecule has 81 heavy (non-hydrogen) atoms. The molecule has 0 saturated carbocycles. The molecule has 0 aromatic heterocycles. The minimum absolute atomic E-state index is 0.0334. The van der Waals surface area contributed by atoms with E-state index < -0.39 is 146 Å². The van der Waals surface area contributed by atoms with Crippen LogP contribution in [-0.4, -0.2) is 208 Å². The molecule has 0 radical (unpaired) electrons. The number of aliphatic carboxylic acids is 1. The summed E-state index contributed by atoms with van der Waals surface area (Å²) in [4.78, 5) is 38.8. The molecule has 6 rings (SSSR count). The number of carbonyl (C=O) groups excluding carboxylic acids is 2. The third kappa shape index (κ3) is 17.9. The minimum Gasteiger partial charge on any atom is -0.478 e. The summed E-state index contributed by atoms with van der Waals surface area (Å²) in [7, 11) is 6.21. The number of ether oxygens (including phenoxy) is 13. The Hall–Kier alpha value is -4.31. The first-order valence-electron chi connectivity index (χ1n) is 27.8. The summed E-state index contributed by atoms with van der Waals surface area (Å²) >= 11 is 0. The number of rotatable bonds is 26. The normalized spacial score (nSPS) is 36.8. The predicted molar refractivity (Wildman–Crippen MR) is 291 cm³/mol. The predicted octanol–water partition coefficient (Wildman–Crippen LogP) is 3.61. The zero-order valence-electron chi connectivity index (χ0n) is 48.1. The Bertz CT molecular complexity index is 2280. The molecule has 0 spiro atoms.